The Morgan fingerprint density at radius 3 is 2.74 bits per heavy atom. The Labute approximate surface area is 117 Å². The Morgan fingerprint density at radius 2 is 2.21 bits per heavy atom. The molecule has 0 saturated heterocycles. The second-order valence-electron chi connectivity index (χ2n) is 4.43. The van der Waals surface area contributed by atoms with E-state index < -0.39 is 6.04 Å². The Balaban J connectivity index is 2.63. The van der Waals surface area contributed by atoms with Crippen LogP contribution in [-0.4, -0.2) is 57.0 Å². The van der Waals surface area contributed by atoms with Crippen molar-refractivity contribution in [3.05, 3.63) is 22.4 Å². The third-order valence-corrected chi connectivity index (χ3v) is 3.51. The van der Waals surface area contributed by atoms with Gasteiger partial charge in [-0.2, -0.15) is 0 Å². The zero-order valence-corrected chi connectivity index (χ0v) is 12.3. The van der Waals surface area contributed by atoms with E-state index in [1.807, 2.05) is 30.4 Å². The summed E-state index contributed by atoms with van der Waals surface area (Å²) in [5, 5.41) is 4.97. The quantitative estimate of drug-likeness (QED) is 0.570. The second kappa shape index (κ2) is 8.04. The van der Waals surface area contributed by atoms with Crippen LogP contribution in [0, 0.1) is 0 Å². The first kappa shape index (κ1) is 15.8. The van der Waals surface area contributed by atoms with Crippen molar-refractivity contribution in [1.29, 1.82) is 0 Å². The monoisotopic (exact) mass is 284 g/mol. The van der Waals surface area contributed by atoms with Gasteiger partial charge in [0.2, 0.25) is 0 Å². The minimum atomic E-state index is -0.522. The summed E-state index contributed by atoms with van der Waals surface area (Å²) in [4.78, 5) is 26.3. The fourth-order valence-electron chi connectivity index (χ4n) is 1.56. The van der Waals surface area contributed by atoms with Gasteiger partial charge in [-0.1, -0.05) is 6.07 Å². The van der Waals surface area contributed by atoms with E-state index in [0.29, 0.717) is 11.4 Å². The molecule has 6 heteroatoms. The lowest BCUT2D eigenvalue weighted by atomic mass is 10.1. The highest BCUT2D eigenvalue weighted by Crippen LogP contribution is 2.13. The zero-order valence-electron chi connectivity index (χ0n) is 11.5. The summed E-state index contributed by atoms with van der Waals surface area (Å²) in [7, 11) is 5.24. The van der Waals surface area contributed by atoms with Gasteiger partial charge in [0, 0.05) is 13.1 Å². The van der Waals surface area contributed by atoms with Gasteiger partial charge >= 0.3 is 5.97 Å². The molecule has 5 nitrogen and oxygen atoms in total. The molecule has 0 aromatic carbocycles. The van der Waals surface area contributed by atoms with Gasteiger partial charge in [0.15, 0.2) is 5.78 Å². The number of ketones is 1. The molecule has 0 fully saturated rings. The van der Waals surface area contributed by atoms with E-state index >= 15 is 0 Å². The van der Waals surface area contributed by atoms with Crippen molar-refractivity contribution in [3.8, 4) is 0 Å². The predicted molar refractivity (Wildman–Crippen MR) is 75.6 cm³/mol. The van der Waals surface area contributed by atoms with Crippen LogP contribution in [-0.2, 0) is 9.53 Å². The molecule has 1 aromatic heterocycles. The van der Waals surface area contributed by atoms with Gasteiger partial charge in [0.05, 0.1) is 24.4 Å². The average molecular weight is 284 g/mol. The number of carbonyl (C=O) groups is 2. The van der Waals surface area contributed by atoms with E-state index in [-0.39, 0.29) is 18.2 Å². The average Bonchev–Trinajstić information content (AvgIpc) is 2.89. The summed E-state index contributed by atoms with van der Waals surface area (Å²) >= 11 is 1.38. The number of methoxy groups -OCH3 is 1. The highest BCUT2D eigenvalue weighted by atomic mass is 32.1. The fraction of sp³-hybridized carbons (Fsp3) is 0.538. The molecule has 0 bridgehead atoms. The molecule has 19 heavy (non-hydrogen) atoms. The number of hydrogen-bond donors (Lipinski definition) is 1. The van der Waals surface area contributed by atoms with Crippen molar-refractivity contribution >= 4 is 23.1 Å². The molecular weight excluding hydrogens is 264 g/mol. The molecule has 1 rings (SSSR count). The molecule has 1 unspecified atom stereocenters. The molecule has 0 spiro atoms. The van der Waals surface area contributed by atoms with Crippen LogP contribution in [0.5, 0.6) is 0 Å². The van der Waals surface area contributed by atoms with Gasteiger partial charge in [-0.25, -0.2) is 0 Å². The molecule has 1 atom stereocenters. The van der Waals surface area contributed by atoms with E-state index in [4.69, 9.17) is 0 Å². The topological polar surface area (TPSA) is 58.6 Å². The van der Waals surface area contributed by atoms with Crippen molar-refractivity contribution in [1.82, 2.24) is 10.2 Å². The van der Waals surface area contributed by atoms with Crippen LogP contribution in [0.4, 0.5) is 0 Å². The number of ether oxygens (including phenoxy) is 1. The maximum Gasteiger partial charge on any atom is 0.307 e. The number of likely N-dealkylation sites (N-methyl/N-ethyl adjacent to an activating group) is 1. The lowest BCUT2D eigenvalue weighted by Gasteiger charge is -2.17. The summed E-state index contributed by atoms with van der Waals surface area (Å²) < 4.78 is 4.64. The van der Waals surface area contributed by atoms with Crippen molar-refractivity contribution < 1.29 is 14.3 Å². The van der Waals surface area contributed by atoms with Gasteiger partial charge in [-0.15, -0.1) is 11.3 Å². The molecule has 1 heterocycles. The molecule has 0 radical (unpaired) electrons. The lowest BCUT2D eigenvalue weighted by molar-refractivity contribution is -0.140. The number of Topliss-reactive ketones (excluding diaryl/α,β-unsaturated/α-hetero) is 1. The van der Waals surface area contributed by atoms with Crippen LogP contribution in [0.3, 0.4) is 0 Å². The Hall–Kier alpha value is -1.24. The van der Waals surface area contributed by atoms with Crippen LogP contribution in [0.1, 0.15) is 16.1 Å². The predicted octanol–water partition coefficient (Wildman–Crippen LogP) is 1.01. The van der Waals surface area contributed by atoms with Crippen molar-refractivity contribution in [2.24, 2.45) is 0 Å². The van der Waals surface area contributed by atoms with E-state index in [9.17, 15) is 9.59 Å². The molecule has 1 N–H and O–H groups in total. The first-order chi connectivity index (χ1) is 9.04. The number of carbonyl (C=O) groups excluding carboxylic acids is 2. The van der Waals surface area contributed by atoms with Gasteiger partial charge in [-0.3, -0.25) is 9.59 Å². The summed E-state index contributed by atoms with van der Waals surface area (Å²) in [6, 6.07) is 3.07. The van der Waals surface area contributed by atoms with Crippen LogP contribution in [0.2, 0.25) is 0 Å². The maximum atomic E-state index is 12.3. The normalized spacial score (nSPS) is 12.4. The first-order valence-corrected chi connectivity index (χ1v) is 6.95. The van der Waals surface area contributed by atoms with E-state index in [1.165, 1.54) is 18.4 Å². The fourth-order valence-corrected chi connectivity index (χ4v) is 2.28. The molecule has 1 aromatic rings. The third-order valence-electron chi connectivity index (χ3n) is 2.63. The molecular formula is C13H20N2O3S. The van der Waals surface area contributed by atoms with Crippen molar-refractivity contribution in [2.75, 3.05) is 34.3 Å². The zero-order chi connectivity index (χ0) is 14.3. The van der Waals surface area contributed by atoms with E-state index in [2.05, 4.69) is 10.1 Å². The molecule has 0 aliphatic heterocycles. The van der Waals surface area contributed by atoms with Crippen LogP contribution < -0.4 is 5.32 Å². The minimum absolute atomic E-state index is 0.0562. The molecule has 106 valence electrons. The molecule has 0 amide bonds. The van der Waals surface area contributed by atoms with Gasteiger partial charge < -0.3 is 15.0 Å². The van der Waals surface area contributed by atoms with Gasteiger partial charge in [0.1, 0.15) is 0 Å². The second-order valence-corrected chi connectivity index (χ2v) is 5.38. The van der Waals surface area contributed by atoms with Crippen LogP contribution in [0.25, 0.3) is 0 Å². The summed E-state index contributed by atoms with van der Waals surface area (Å²) in [5.41, 5.74) is 0. The number of rotatable bonds is 8. The number of nitrogens with zero attached hydrogens (tertiary/aromatic N) is 1. The standard InChI is InChI=1S/C13H20N2O3S/c1-15(2)7-6-14-10(9-12(16)18-3)13(17)11-5-4-8-19-11/h4-5,8,10,14H,6-7,9H2,1-3H3. The van der Waals surface area contributed by atoms with E-state index in [0.717, 1.165) is 6.54 Å². The number of hydrogen-bond acceptors (Lipinski definition) is 6. The smallest absolute Gasteiger partial charge is 0.307 e. The number of nitrogens with one attached hydrogen (secondary N) is 1. The number of esters is 1. The van der Waals surface area contributed by atoms with Crippen LogP contribution >= 0.6 is 11.3 Å². The Kier molecular flexibility index (Phi) is 6.69. The number of thiophene rings is 1. The lowest BCUT2D eigenvalue weighted by Crippen LogP contribution is -2.41. The highest BCUT2D eigenvalue weighted by Gasteiger charge is 2.23. The highest BCUT2D eigenvalue weighted by molar-refractivity contribution is 7.12. The van der Waals surface area contributed by atoms with Crippen molar-refractivity contribution in [2.45, 2.75) is 12.5 Å². The summed E-state index contributed by atoms with van der Waals surface area (Å²) in [6.45, 7) is 1.45. The molecule has 0 aliphatic carbocycles. The van der Waals surface area contributed by atoms with Gasteiger partial charge in [0.25, 0.3) is 0 Å². The maximum absolute atomic E-state index is 12.3. The third kappa shape index (κ3) is 5.50. The Bertz CT molecular complexity index is 404. The summed E-state index contributed by atoms with van der Waals surface area (Å²) in [5.74, 6) is -0.439. The minimum Gasteiger partial charge on any atom is -0.469 e. The molecule has 0 aliphatic rings. The van der Waals surface area contributed by atoms with Crippen molar-refractivity contribution in [3.63, 3.8) is 0 Å². The SMILES string of the molecule is COC(=O)CC(NCCN(C)C)C(=O)c1cccs1. The van der Waals surface area contributed by atoms with Gasteiger partial charge in [-0.05, 0) is 25.5 Å². The summed E-state index contributed by atoms with van der Waals surface area (Å²) in [6.07, 6.45) is 0.0562. The van der Waals surface area contributed by atoms with Crippen LogP contribution in [0.15, 0.2) is 17.5 Å². The first-order valence-electron chi connectivity index (χ1n) is 6.07. The van der Waals surface area contributed by atoms with E-state index in [1.54, 1.807) is 6.07 Å². The Morgan fingerprint density at radius 1 is 1.47 bits per heavy atom. The molecule has 0 saturated carbocycles. The largest absolute Gasteiger partial charge is 0.469 e.